The van der Waals surface area contributed by atoms with Gasteiger partial charge in [0.2, 0.25) is 0 Å². The number of amides is 1. The Bertz CT molecular complexity index is 1520. The highest BCUT2D eigenvalue weighted by Gasteiger charge is 2.34. The average Bonchev–Trinajstić information content (AvgIpc) is 3.06. The number of carbonyl (C=O) groups is 1. The third-order valence-corrected chi connectivity index (χ3v) is 5.13. The summed E-state index contributed by atoms with van der Waals surface area (Å²) in [7, 11) is 1.46. The largest absolute Gasteiger partial charge is 0.419 e. The molecule has 0 spiro atoms. The van der Waals surface area contributed by atoms with Crippen LogP contribution in [0.3, 0.4) is 0 Å². The minimum atomic E-state index is -4.96. The fourth-order valence-corrected chi connectivity index (χ4v) is 3.51. The molecule has 33 heavy (non-hydrogen) atoms. The quantitative estimate of drug-likeness (QED) is 0.433. The van der Waals surface area contributed by atoms with Gasteiger partial charge in [-0.3, -0.25) is 9.59 Å². The van der Waals surface area contributed by atoms with Crippen LogP contribution >= 0.6 is 11.6 Å². The molecule has 0 atom stereocenters. The second-order valence-electron chi connectivity index (χ2n) is 7.07. The molecule has 2 heterocycles. The van der Waals surface area contributed by atoms with Crippen LogP contribution in [0.2, 0.25) is 5.02 Å². The lowest BCUT2D eigenvalue weighted by molar-refractivity contribution is -0.139. The van der Waals surface area contributed by atoms with Crippen LogP contribution in [0.1, 0.15) is 15.9 Å². The first-order chi connectivity index (χ1) is 15.5. The van der Waals surface area contributed by atoms with Gasteiger partial charge in [-0.1, -0.05) is 11.6 Å². The van der Waals surface area contributed by atoms with Crippen LogP contribution < -0.4 is 16.6 Å². The van der Waals surface area contributed by atoms with E-state index in [-0.39, 0.29) is 28.0 Å². The van der Waals surface area contributed by atoms with Gasteiger partial charge < -0.3 is 14.9 Å². The van der Waals surface area contributed by atoms with Gasteiger partial charge in [0, 0.05) is 24.0 Å². The van der Waals surface area contributed by atoms with E-state index in [1.54, 1.807) is 0 Å². The number of hydrogen-bond donors (Lipinski definition) is 2. The molecule has 0 saturated heterocycles. The van der Waals surface area contributed by atoms with E-state index >= 15 is 0 Å². The van der Waals surface area contributed by atoms with Crippen LogP contribution in [0.5, 0.6) is 0 Å². The summed E-state index contributed by atoms with van der Waals surface area (Å²) >= 11 is 5.84. The summed E-state index contributed by atoms with van der Waals surface area (Å²) in [6.07, 6.45) is -3.71. The Labute approximate surface area is 186 Å². The predicted octanol–water partition coefficient (Wildman–Crippen LogP) is 4.08. The van der Waals surface area contributed by atoms with Gasteiger partial charge in [-0.15, -0.1) is 0 Å². The van der Waals surface area contributed by atoms with Crippen LogP contribution in [0.15, 0.2) is 58.3 Å². The lowest BCUT2D eigenvalue weighted by Crippen LogP contribution is -2.34. The number of nitrogens with zero attached hydrogens (tertiary/aromatic N) is 2. The Kier molecular flexibility index (Phi) is 5.36. The predicted molar refractivity (Wildman–Crippen MR) is 114 cm³/mol. The zero-order valence-corrected chi connectivity index (χ0v) is 17.4. The highest BCUT2D eigenvalue weighted by atomic mass is 35.5. The third-order valence-electron chi connectivity index (χ3n) is 4.88. The summed E-state index contributed by atoms with van der Waals surface area (Å²) in [5.41, 5.74) is -3.47. The molecule has 4 aromatic rings. The zero-order chi connectivity index (χ0) is 24.1. The SMILES string of the molecule is Cn1cc(C(=O)Nc2ccc(F)c(C(F)(F)F)c2)c2[nH]c(=O)n(-c3ccc(Cl)cc3)c(=O)c21. The summed E-state index contributed by atoms with van der Waals surface area (Å²) < 4.78 is 54.5. The third kappa shape index (κ3) is 4.02. The number of rotatable bonds is 3. The molecular formula is C21H13ClF4N4O3. The van der Waals surface area contributed by atoms with Crippen molar-refractivity contribution in [3.05, 3.63) is 91.5 Å². The van der Waals surface area contributed by atoms with Crippen LogP contribution in [0.25, 0.3) is 16.7 Å². The second-order valence-corrected chi connectivity index (χ2v) is 7.51. The molecular weight excluding hydrogens is 468 g/mol. The second kappa shape index (κ2) is 7.93. The number of nitrogens with one attached hydrogen (secondary N) is 2. The maximum atomic E-state index is 13.5. The van der Waals surface area contributed by atoms with Gasteiger partial charge in [0.05, 0.1) is 22.3 Å². The fraction of sp³-hybridized carbons (Fsp3) is 0.0952. The van der Waals surface area contributed by atoms with Crippen molar-refractivity contribution in [2.45, 2.75) is 6.18 Å². The normalized spacial score (nSPS) is 11.7. The van der Waals surface area contributed by atoms with E-state index in [1.807, 2.05) is 0 Å². The topological polar surface area (TPSA) is 88.9 Å². The monoisotopic (exact) mass is 480 g/mol. The summed E-state index contributed by atoms with van der Waals surface area (Å²) in [5, 5.41) is 2.63. The number of aromatic nitrogens is 3. The molecule has 1 amide bonds. The molecule has 0 fully saturated rings. The first kappa shape index (κ1) is 22.3. The lowest BCUT2D eigenvalue weighted by Gasteiger charge is -2.11. The molecule has 0 aliphatic carbocycles. The lowest BCUT2D eigenvalue weighted by atomic mass is 10.1. The summed E-state index contributed by atoms with van der Waals surface area (Å²) in [6.45, 7) is 0. The van der Waals surface area contributed by atoms with Gasteiger partial charge in [0.25, 0.3) is 11.5 Å². The van der Waals surface area contributed by atoms with Crippen molar-refractivity contribution < 1.29 is 22.4 Å². The molecule has 0 saturated carbocycles. The minimum absolute atomic E-state index is 0.0233. The number of benzene rings is 2. The summed E-state index contributed by atoms with van der Waals surface area (Å²) in [6, 6.07) is 7.92. The molecule has 0 radical (unpaired) electrons. The first-order valence-corrected chi connectivity index (χ1v) is 9.63. The minimum Gasteiger partial charge on any atom is -0.344 e. The Hall–Kier alpha value is -3.86. The molecule has 170 valence electrons. The van der Waals surface area contributed by atoms with E-state index in [2.05, 4.69) is 10.3 Å². The van der Waals surface area contributed by atoms with Crippen LogP contribution in [0, 0.1) is 5.82 Å². The van der Waals surface area contributed by atoms with E-state index in [4.69, 9.17) is 11.6 Å². The Morgan fingerprint density at radius 3 is 2.39 bits per heavy atom. The molecule has 0 unspecified atom stereocenters. The number of aryl methyl sites for hydroxylation is 1. The van der Waals surface area contributed by atoms with Crippen molar-refractivity contribution >= 4 is 34.2 Å². The van der Waals surface area contributed by atoms with Crippen molar-refractivity contribution in [3.63, 3.8) is 0 Å². The molecule has 0 bridgehead atoms. The van der Waals surface area contributed by atoms with Crippen molar-refractivity contribution in [3.8, 4) is 5.69 Å². The Balaban J connectivity index is 1.79. The number of hydrogen-bond acceptors (Lipinski definition) is 3. The van der Waals surface area contributed by atoms with E-state index in [0.717, 1.165) is 10.6 Å². The van der Waals surface area contributed by atoms with Crippen molar-refractivity contribution in [2.75, 3.05) is 5.32 Å². The van der Waals surface area contributed by atoms with Crippen LogP contribution in [-0.2, 0) is 13.2 Å². The average molecular weight is 481 g/mol. The number of alkyl halides is 3. The fourth-order valence-electron chi connectivity index (χ4n) is 3.39. The maximum Gasteiger partial charge on any atom is 0.419 e. The standard InChI is InChI=1S/C21H13ClF4N4O3/c1-29-9-13(18(31)27-11-4-7-15(23)14(8-11)21(24,25)26)16-17(29)19(32)30(20(33)28-16)12-5-2-10(22)3-6-12/h2-9H,1H3,(H,27,31)(H,28,33). The summed E-state index contributed by atoms with van der Waals surface area (Å²) in [5.74, 6) is -2.39. The van der Waals surface area contributed by atoms with Gasteiger partial charge in [0.1, 0.15) is 11.3 Å². The Morgan fingerprint density at radius 1 is 1.09 bits per heavy atom. The molecule has 12 heteroatoms. The molecule has 2 aromatic carbocycles. The number of aromatic amines is 1. The van der Waals surface area contributed by atoms with E-state index in [9.17, 15) is 31.9 Å². The van der Waals surface area contributed by atoms with E-state index in [0.29, 0.717) is 17.2 Å². The van der Waals surface area contributed by atoms with Gasteiger partial charge in [-0.2, -0.15) is 13.2 Å². The molecule has 2 N–H and O–H groups in total. The number of halogens is 5. The van der Waals surface area contributed by atoms with Crippen molar-refractivity contribution in [1.29, 1.82) is 0 Å². The van der Waals surface area contributed by atoms with Gasteiger partial charge in [0.15, 0.2) is 0 Å². The zero-order valence-electron chi connectivity index (χ0n) is 16.6. The van der Waals surface area contributed by atoms with E-state index in [1.165, 1.54) is 42.1 Å². The maximum absolute atomic E-state index is 13.5. The molecule has 0 aliphatic rings. The molecule has 4 rings (SSSR count). The van der Waals surface area contributed by atoms with Crippen LogP contribution in [0.4, 0.5) is 23.2 Å². The number of H-pyrrole nitrogens is 1. The number of anilines is 1. The molecule has 2 aromatic heterocycles. The van der Waals surface area contributed by atoms with Crippen molar-refractivity contribution in [1.82, 2.24) is 14.1 Å². The molecule has 0 aliphatic heterocycles. The number of carbonyl (C=O) groups excluding carboxylic acids is 1. The van der Waals surface area contributed by atoms with Gasteiger partial charge in [-0.25, -0.2) is 13.8 Å². The highest BCUT2D eigenvalue weighted by Crippen LogP contribution is 2.33. The van der Waals surface area contributed by atoms with Gasteiger partial charge >= 0.3 is 11.9 Å². The highest BCUT2D eigenvalue weighted by molar-refractivity contribution is 6.30. The molecule has 7 nitrogen and oxygen atoms in total. The van der Waals surface area contributed by atoms with Gasteiger partial charge in [-0.05, 0) is 42.5 Å². The Morgan fingerprint density at radius 2 is 1.76 bits per heavy atom. The van der Waals surface area contributed by atoms with Crippen molar-refractivity contribution in [2.24, 2.45) is 7.05 Å². The van der Waals surface area contributed by atoms with E-state index < -0.39 is 34.7 Å². The first-order valence-electron chi connectivity index (χ1n) is 9.26. The van der Waals surface area contributed by atoms with Crippen LogP contribution in [-0.4, -0.2) is 20.0 Å². The smallest absolute Gasteiger partial charge is 0.344 e. The number of fused-ring (bicyclic) bond motifs is 1. The summed E-state index contributed by atoms with van der Waals surface area (Å²) in [4.78, 5) is 40.9.